The van der Waals surface area contributed by atoms with Crippen molar-refractivity contribution >= 4 is 15.7 Å². The largest absolute Gasteiger partial charge is 0.284 e. The number of anilines is 1. The number of rotatable bonds is 2. The second-order valence-electron chi connectivity index (χ2n) is 2.63. The molecule has 12 heavy (non-hydrogen) atoms. The highest BCUT2D eigenvalue weighted by atomic mass is 32.2. The zero-order chi connectivity index (χ0) is 9.19. The number of aryl methyl sites for hydroxylation is 1. The van der Waals surface area contributed by atoms with Gasteiger partial charge in [-0.05, 0) is 30.7 Å². The Balaban J connectivity index is 2.91. The Morgan fingerprint density at radius 3 is 2.67 bits per heavy atom. The van der Waals surface area contributed by atoms with E-state index in [1.165, 1.54) is 0 Å². The smallest absolute Gasteiger partial charge is 0.229 e. The molecule has 1 aromatic rings. The van der Waals surface area contributed by atoms with Crippen molar-refractivity contribution in [1.29, 1.82) is 0 Å². The summed E-state index contributed by atoms with van der Waals surface area (Å²) in [5, 5.41) is 0. The summed E-state index contributed by atoms with van der Waals surface area (Å²) in [5.74, 6) is 0. The average Bonchev–Trinajstić information content (AvgIpc) is 1.82. The molecular formula is C8H10NO2S. The number of hydrogen-bond donors (Lipinski definition) is 1. The number of hydrogen-bond acceptors (Lipinski definition) is 2. The predicted molar refractivity (Wildman–Crippen MR) is 48.5 cm³/mol. The minimum absolute atomic E-state index is 0.578. The van der Waals surface area contributed by atoms with Crippen molar-refractivity contribution in [3.05, 3.63) is 29.8 Å². The third-order valence-electron chi connectivity index (χ3n) is 1.25. The van der Waals surface area contributed by atoms with Crippen molar-refractivity contribution in [1.82, 2.24) is 0 Å². The van der Waals surface area contributed by atoms with Gasteiger partial charge in [-0.2, -0.15) is 0 Å². The topological polar surface area (TPSA) is 46.2 Å². The minimum atomic E-state index is -3.16. The van der Waals surface area contributed by atoms with Gasteiger partial charge < -0.3 is 0 Å². The molecule has 0 fully saturated rings. The van der Waals surface area contributed by atoms with E-state index in [0.29, 0.717) is 5.69 Å². The van der Waals surface area contributed by atoms with Crippen molar-refractivity contribution in [3.63, 3.8) is 0 Å². The monoisotopic (exact) mass is 184 g/mol. The third-order valence-corrected chi connectivity index (χ3v) is 1.86. The fourth-order valence-corrected chi connectivity index (χ4v) is 1.42. The maximum absolute atomic E-state index is 10.8. The molecule has 0 bridgehead atoms. The van der Waals surface area contributed by atoms with Gasteiger partial charge in [-0.15, -0.1) is 0 Å². The molecule has 0 amide bonds. The lowest BCUT2D eigenvalue weighted by Crippen LogP contribution is -2.09. The van der Waals surface area contributed by atoms with Gasteiger partial charge in [0.2, 0.25) is 10.0 Å². The first-order chi connectivity index (χ1) is 5.47. The molecule has 0 saturated heterocycles. The normalized spacial score (nSPS) is 11.2. The van der Waals surface area contributed by atoms with E-state index in [4.69, 9.17) is 0 Å². The zero-order valence-electron chi connectivity index (χ0n) is 6.96. The van der Waals surface area contributed by atoms with E-state index in [2.05, 4.69) is 10.8 Å². The van der Waals surface area contributed by atoms with Crippen LogP contribution in [-0.4, -0.2) is 14.7 Å². The molecule has 0 aliphatic carbocycles. The van der Waals surface area contributed by atoms with Gasteiger partial charge in [-0.1, -0.05) is 6.07 Å². The molecule has 1 radical (unpaired) electrons. The second-order valence-corrected chi connectivity index (χ2v) is 4.38. The van der Waals surface area contributed by atoms with Gasteiger partial charge in [0, 0.05) is 5.69 Å². The maximum atomic E-state index is 10.8. The highest BCUT2D eigenvalue weighted by Gasteiger charge is 2.00. The first-order valence-electron chi connectivity index (χ1n) is 3.43. The van der Waals surface area contributed by atoms with Gasteiger partial charge in [0.05, 0.1) is 6.26 Å². The molecule has 65 valence electrons. The number of sulfonamides is 1. The molecule has 4 heteroatoms. The SMILES string of the molecule is Cc1[c]ccc(NS(C)(=O)=O)c1. The van der Waals surface area contributed by atoms with Crippen molar-refractivity contribution in [2.45, 2.75) is 6.92 Å². The standard InChI is InChI=1S/C8H10NO2S/c1-7-4-3-5-8(6-7)9-12(2,10)11/h3,5-6,9H,1-2H3. The van der Waals surface area contributed by atoms with Crippen molar-refractivity contribution < 1.29 is 8.42 Å². The van der Waals surface area contributed by atoms with Crippen LogP contribution in [0.25, 0.3) is 0 Å². The Kier molecular flexibility index (Phi) is 2.38. The Morgan fingerprint density at radius 2 is 2.17 bits per heavy atom. The molecule has 3 nitrogen and oxygen atoms in total. The maximum Gasteiger partial charge on any atom is 0.229 e. The minimum Gasteiger partial charge on any atom is -0.284 e. The zero-order valence-corrected chi connectivity index (χ0v) is 7.77. The van der Waals surface area contributed by atoms with Gasteiger partial charge in [0.1, 0.15) is 0 Å². The molecular weight excluding hydrogens is 174 g/mol. The highest BCUT2D eigenvalue weighted by Crippen LogP contribution is 2.09. The molecule has 0 unspecified atom stereocenters. The van der Waals surface area contributed by atoms with Gasteiger partial charge in [0.25, 0.3) is 0 Å². The molecule has 0 aliphatic rings. The summed E-state index contributed by atoms with van der Waals surface area (Å²) in [4.78, 5) is 0. The molecule has 1 aromatic carbocycles. The van der Waals surface area contributed by atoms with Crippen molar-refractivity contribution in [3.8, 4) is 0 Å². The van der Waals surface area contributed by atoms with E-state index >= 15 is 0 Å². The first kappa shape index (κ1) is 9.06. The number of benzene rings is 1. The van der Waals surface area contributed by atoms with Crippen LogP contribution in [-0.2, 0) is 10.0 Å². The summed E-state index contributed by atoms with van der Waals surface area (Å²) >= 11 is 0. The lowest BCUT2D eigenvalue weighted by molar-refractivity contribution is 0.607. The summed E-state index contributed by atoms with van der Waals surface area (Å²) < 4.78 is 24.0. The van der Waals surface area contributed by atoms with E-state index in [0.717, 1.165) is 11.8 Å². The molecule has 1 rings (SSSR count). The van der Waals surface area contributed by atoms with E-state index in [1.54, 1.807) is 18.2 Å². The molecule has 0 saturated carbocycles. The second kappa shape index (κ2) is 3.15. The Bertz CT molecular complexity index is 370. The predicted octanol–water partition coefficient (Wildman–Crippen LogP) is 1.17. The van der Waals surface area contributed by atoms with Crippen LogP contribution in [0.5, 0.6) is 0 Å². The fraction of sp³-hybridized carbons (Fsp3) is 0.250. The highest BCUT2D eigenvalue weighted by molar-refractivity contribution is 7.92. The van der Waals surface area contributed by atoms with E-state index in [9.17, 15) is 8.42 Å². The van der Waals surface area contributed by atoms with Crippen LogP contribution in [0.15, 0.2) is 18.2 Å². The van der Waals surface area contributed by atoms with Crippen LogP contribution in [0.4, 0.5) is 5.69 Å². The van der Waals surface area contributed by atoms with Crippen LogP contribution in [0, 0.1) is 13.0 Å². The molecule has 0 spiro atoms. The lowest BCUT2D eigenvalue weighted by Gasteiger charge is -2.02. The number of nitrogens with one attached hydrogen (secondary N) is 1. The lowest BCUT2D eigenvalue weighted by atomic mass is 10.2. The Hall–Kier alpha value is -1.03. The quantitative estimate of drug-likeness (QED) is 0.749. The average molecular weight is 184 g/mol. The third kappa shape index (κ3) is 2.92. The summed E-state index contributed by atoms with van der Waals surface area (Å²) in [5.41, 5.74) is 1.48. The van der Waals surface area contributed by atoms with E-state index < -0.39 is 10.0 Å². The molecule has 0 heterocycles. The Morgan fingerprint density at radius 1 is 1.50 bits per heavy atom. The summed E-state index contributed by atoms with van der Waals surface area (Å²) in [7, 11) is -3.16. The summed E-state index contributed by atoms with van der Waals surface area (Å²) in [6.07, 6.45) is 1.12. The van der Waals surface area contributed by atoms with Crippen molar-refractivity contribution in [2.24, 2.45) is 0 Å². The molecule has 0 aromatic heterocycles. The van der Waals surface area contributed by atoms with Crippen LogP contribution in [0.2, 0.25) is 0 Å². The Labute approximate surface area is 72.5 Å². The summed E-state index contributed by atoms with van der Waals surface area (Å²) in [6.45, 7) is 1.85. The van der Waals surface area contributed by atoms with Crippen LogP contribution in [0.3, 0.4) is 0 Å². The van der Waals surface area contributed by atoms with Crippen LogP contribution < -0.4 is 4.72 Å². The summed E-state index contributed by atoms with van der Waals surface area (Å²) in [6, 6.07) is 7.99. The first-order valence-corrected chi connectivity index (χ1v) is 5.33. The van der Waals surface area contributed by atoms with Crippen LogP contribution >= 0.6 is 0 Å². The van der Waals surface area contributed by atoms with Gasteiger partial charge >= 0.3 is 0 Å². The molecule has 0 atom stereocenters. The molecule has 0 aliphatic heterocycles. The van der Waals surface area contributed by atoms with Gasteiger partial charge in [0.15, 0.2) is 0 Å². The van der Waals surface area contributed by atoms with Crippen LogP contribution in [0.1, 0.15) is 5.56 Å². The fourth-order valence-electron chi connectivity index (χ4n) is 0.863. The van der Waals surface area contributed by atoms with E-state index in [1.807, 2.05) is 6.92 Å². The molecule has 1 N–H and O–H groups in total. The van der Waals surface area contributed by atoms with Gasteiger partial charge in [-0.25, -0.2) is 8.42 Å². The van der Waals surface area contributed by atoms with Gasteiger partial charge in [-0.3, -0.25) is 4.72 Å². The van der Waals surface area contributed by atoms with E-state index in [-0.39, 0.29) is 0 Å². The van der Waals surface area contributed by atoms with Crippen molar-refractivity contribution in [2.75, 3.05) is 11.0 Å².